The summed E-state index contributed by atoms with van der Waals surface area (Å²) in [5, 5.41) is 3.05. The Morgan fingerprint density at radius 3 is 2.50 bits per heavy atom. The first-order valence-electron chi connectivity index (χ1n) is 1.34. The van der Waals surface area contributed by atoms with Gasteiger partial charge in [0.2, 0.25) is 0 Å². The van der Waals surface area contributed by atoms with Crippen molar-refractivity contribution in [3.63, 3.8) is 0 Å². The molecule has 5 nitrogen and oxygen atoms in total. The molecule has 0 bridgehead atoms. The van der Waals surface area contributed by atoms with Crippen molar-refractivity contribution in [2.24, 2.45) is 16.8 Å². The van der Waals surface area contributed by atoms with Gasteiger partial charge in [0.25, 0.3) is 0 Å². The van der Waals surface area contributed by atoms with Gasteiger partial charge in [-0.25, -0.2) is 0 Å². The third-order valence-corrected chi connectivity index (χ3v) is 0.222. The fraction of sp³-hybridized carbons (Fsp3) is 0. The van der Waals surface area contributed by atoms with Crippen molar-refractivity contribution in [3.8, 4) is 0 Å². The highest BCUT2D eigenvalue weighted by atomic mass is 15.5. The summed E-state index contributed by atoms with van der Waals surface area (Å²) in [5.41, 5.74) is 4.40. The van der Waals surface area contributed by atoms with Gasteiger partial charge in [0.05, 0.1) is 0 Å². The van der Waals surface area contributed by atoms with Crippen molar-refractivity contribution >= 4 is 6.34 Å². The summed E-state index contributed by atoms with van der Waals surface area (Å²) in [7, 11) is 0. The number of rotatable bonds is 2. The summed E-state index contributed by atoms with van der Waals surface area (Å²) < 4.78 is 0. The maximum absolute atomic E-state index is 4.71. The smallest absolute Gasteiger partial charge is 0.123 e. The Morgan fingerprint density at radius 2 is 2.33 bits per heavy atom. The quantitative estimate of drug-likeness (QED) is 0.134. The molecule has 0 aliphatic heterocycles. The van der Waals surface area contributed by atoms with Gasteiger partial charge in [-0.05, 0) is 0 Å². The van der Waals surface area contributed by atoms with E-state index in [2.05, 4.69) is 21.9 Å². The summed E-state index contributed by atoms with van der Waals surface area (Å²) in [6, 6.07) is 0. The molecule has 5 heteroatoms. The Balaban J connectivity index is 2.66. The van der Waals surface area contributed by atoms with Crippen molar-refractivity contribution in [3.05, 3.63) is 0 Å². The molecule has 0 heterocycles. The second-order valence-electron chi connectivity index (χ2n) is 0.567. The molecule has 0 aliphatic carbocycles. The molecule has 0 saturated carbocycles. The normalized spacial score (nSPS) is 9.50. The molecule has 0 aliphatic rings. The largest absolute Gasteiger partial charge is 0.322 e. The van der Waals surface area contributed by atoms with Gasteiger partial charge in [-0.2, -0.15) is 10.6 Å². The van der Waals surface area contributed by atoms with E-state index in [4.69, 9.17) is 5.84 Å². The van der Waals surface area contributed by atoms with Crippen LogP contribution in [0.15, 0.2) is 5.10 Å². The number of hydrazine groups is 2. The molecule has 0 aromatic heterocycles. The van der Waals surface area contributed by atoms with Crippen LogP contribution in [0, 0.1) is 0 Å². The van der Waals surface area contributed by atoms with Gasteiger partial charge in [0.15, 0.2) is 0 Å². The van der Waals surface area contributed by atoms with E-state index in [1.807, 2.05) is 0 Å². The third-order valence-electron chi connectivity index (χ3n) is 0.222. The number of nitrogens with zero attached hydrogens (tertiary/aromatic N) is 1. The van der Waals surface area contributed by atoms with E-state index in [1.165, 1.54) is 6.34 Å². The van der Waals surface area contributed by atoms with E-state index in [9.17, 15) is 0 Å². The topological polar surface area (TPSA) is 88.5 Å². The first-order valence-corrected chi connectivity index (χ1v) is 1.34. The van der Waals surface area contributed by atoms with E-state index in [-0.39, 0.29) is 0 Å². The molecule has 0 aromatic carbocycles. The Kier molecular flexibility index (Phi) is 3.62. The summed E-state index contributed by atoms with van der Waals surface area (Å²) in [6.07, 6.45) is 1.22. The van der Waals surface area contributed by atoms with E-state index >= 15 is 0 Å². The van der Waals surface area contributed by atoms with E-state index in [1.54, 1.807) is 0 Å². The molecule has 6 N–H and O–H groups in total. The molecule has 0 unspecified atom stereocenters. The van der Waals surface area contributed by atoms with Crippen LogP contribution in [0.25, 0.3) is 0 Å². The maximum Gasteiger partial charge on any atom is 0.123 e. The second-order valence-corrected chi connectivity index (χ2v) is 0.567. The van der Waals surface area contributed by atoms with Crippen LogP contribution in [0.5, 0.6) is 0 Å². The van der Waals surface area contributed by atoms with Gasteiger partial charge in [0.1, 0.15) is 6.34 Å². The zero-order valence-electron chi connectivity index (χ0n) is 3.18. The zero-order valence-corrected chi connectivity index (χ0v) is 3.18. The van der Waals surface area contributed by atoms with Gasteiger partial charge >= 0.3 is 0 Å². The van der Waals surface area contributed by atoms with Crippen LogP contribution < -0.4 is 22.6 Å². The first kappa shape index (κ1) is 5.19. The lowest BCUT2D eigenvalue weighted by Gasteiger charge is -1.87. The molecular weight excluding hydrogens is 82.0 g/mol. The fourth-order valence-corrected chi connectivity index (χ4v) is 0.0745. The van der Waals surface area contributed by atoms with Crippen LogP contribution >= 0.6 is 0 Å². The highest BCUT2D eigenvalue weighted by Crippen LogP contribution is 1.26. The van der Waals surface area contributed by atoms with Crippen molar-refractivity contribution in [1.82, 2.24) is 11.0 Å². The average Bonchev–Trinajstić information content (AvgIpc) is 1.61. The van der Waals surface area contributed by atoms with Crippen LogP contribution in [0.1, 0.15) is 0 Å². The van der Waals surface area contributed by atoms with Crippen LogP contribution in [0.4, 0.5) is 0 Å². The highest BCUT2D eigenvalue weighted by Gasteiger charge is 1.55. The predicted molar refractivity (Wildman–Crippen MR) is 23.1 cm³/mol. The Hall–Kier alpha value is -0.810. The zero-order chi connectivity index (χ0) is 4.83. The molecule has 6 heavy (non-hydrogen) atoms. The van der Waals surface area contributed by atoms with Crippen molar-refractivity contribution in [2.45, 2.75) is 0 Å². The molecule has 0 spiro atoms. The number of hydrazone groups is 1. The average molecular weight is 89.1 g/mol. The van der Waals surface area contributed by atoms with Crippen molar-refractivity contribution < 1.29 is 0 Å². The Labute approximate surface area is 35.3 Å². The minimum atomic E-state index is 1.22. The van der Waals surface area contributed by atoms with Gasteiger partial charge in [0, 0.05) is 0 Å². The maximum atomic E-state index is 4.71. The fourth-order valence-electron chi connectivity index (χ4n) is 0.0745. The minimum absolute atomic E-state index is 1.22. The van der Waals surface area contributed by atoms with Crippen molar-refractivity contribution in [1.29, 1.82) is 0 Å². The summed E-state index contributed by atoms with van der Waals surface area (Å²) in [6.45, 7) is 0. The molecule has 0 fully saturated rings. The molecule has 0 atom stereocenters. The van der Waals surface area contributed by atoms with Crippen molar-refractivity contribution in [2.75, 3.05) is 0 Å². The SMILES string of the molecule is NN=CNNN. The lowest BCUT2D eigenvalue weighted by molar-refractivity contribution is 0.704. The van der Waals surface area contributed by atoms with Crippen LogP contribution in [0.3, 0.4) is 0 Å². The van der Waals surface area contributed by atoms with Crippen LogP contribution in [-0.4, -0.2) is 6.34 Å². The lowest BCUT2D eigenvalue weighted by Crippen LogP contribution is -2.36. The molecule has 0 rings (SSSR count). The molecule has 0 radical (unpaired) electrons. The lowest BCUT2D eigenvalue weighted by atomic mass is 11.3. The summed E-state index contributed by atoms with van der Waals surface area (Å²) >= 11 is 0. The van der Waals surface area contributed by atoms with Crippen LogP contribution in [0.2, 0.25) is 0 Å². The molecule has 36 valence electrons. The highest BCUT2D eigenvalue weighted by molar-refractivity contribution is 5.52. The standard InChI is InChI=1S/CH7N5/c2-4-1-5-6-3/h1,6H,2-3H2,(H,4,5). The predicted octanol–water partition coefficient (Wildman–Crippen LogP) is -2.14. The minimum Gasteiger partial charge on any atom is -0.322 e. The summed E-state index contributed by atoms with van der Waals surface area (Å²) in [5.74, 6) is 9.33. The van der Waals surface area contributed by atoms with Gasteiger partial charge < -0.3 is 5.84 Å². The molecular formula is CH7N5. The van der Waals surface area contributed by atoms with Gasteiger partial charge in [-0.15, -0.1) is 0 Å². The number of hydrogen-bond acceptors (Lipinski definition) is 4. The number of hydrogen-bond donors (Lipinski definition) is 4. The number of nitrogens with one attached hydrogen (secondary N) is 2. The van der Waals surface area contributed by atoms with E-state index in [0.717, 1.165) is 0 Å². The summed E-state index contributed by atoms with van der Waals surface area (Å²) in [4.78, 5) is 0. The third kappa shape index (κ3) is 3.19. The Morgan fingerprint density at radius 1 is 1.67 bits per heavy atom. The second kappa shape index (κ2) is 4.19. The van der Waals surface area contributed by atoms with Gasteiger partial charge in [-0.3, -0.25) is 11.3 Å². The van der Waals surface area contributed by atoms with E-state index < -0.39 is 0 Å². The van der Waals surface area contributed by atoms with E-state index in [0.29, 0.717) is 0 Å². The molecule has 0 aromatic rings. The monoisotopic (exact) mass is 89.1 g/mol. The molecule has 0 amide bonds. The first-order chi connectivity index (χ1) is 2.91. The molecule has 0 saturated heterocycles. The number of nitrogens with two attached hydrogens (primary N) is 2. The van der Waals surface area contributed by atoms with Gasteiger partial charge in [-0.1, -0.05) is 0 Å². The Bertz CT molecular complexity index is 39.2. The van der Waals surface area contributed by atoms with Crippen LogP contribution in [-0.2, 0) is 0 Å².